The molecule has 106 valence electrons. The van der Waals surface area contributed by atoms with Crippen LogP contribution in [0.25, 0.3) is 0 Å². The molecule has 1 unspecified atom stereocenters. The highest BCUT2D eigenvalue weighted by molar-refractivity contribution is 5.44. The highest BCUT2D eigenvalue weighted by Gasteiger charge is 2.34. The summed E-state index contributed by atoms with van der Waals surface area (Å²) in [6.45, 7) is 5.47. The predicted molar refractivity (Wildman–Crippen MR) is 77.5 cm³/mol. The number of halogens is 2. The third-order valence-corrected chi connectivity index (χ3v) is 3.79. The fraction of sp³-hybridized carbons (Fsp3) is 0.294. The Kier molecular flexibility index (Phi) is 3.91. The third kappa shape index (κ3) is 2.34. The van der Waals surface area contributed by atoms with Crippen molar-refractivity contribution in [2.24, 2.45) is 5.73 Å². The van der Waals surface area contributed by atoms with E-state index < -0.39 is 11.4 Å². The van der Waals surface area contributed by atoms with Crippen LogP contribution in [-0.4, -0.2) is 0 Å². The molecule has 2 rings (SSSR count). The van der Waals surface area contributed by atoms with E-state index in [2.05, 4.69) is 0 Å². The first kappa shape index (κ1) is 14.7. The molecule has 2 N–H and O–H groups in total. The smallest absolute Gasteiger partial charge is 0.129 e. The number of rotatable bonds is 3. The zero-order valence-corrected chi connectivity index (χ0v) is 12.0. The van der Waals surface area contributed by atoms with Crippen molar-refractivity contribution in [3.05, 3.63) is 70.3 Å². The van der Waals surface area contributed by atoms with Crippen LogP contribution in [0.5, 0.6) is 0 Å². The van der Waals surface area contributed by atoms with Gasteiger partial charge in [-0.05, 0) is 43.5 Å². The van der Waals surface area contributed by atoms with Crippen LogP contribution < -0.4 is 5.73 Å². The quantitative estimate of drug-likeness (QED) is 0.893. The Bertz CT molecular complexity index is 614. The van der Waals surface area contributed by atoms with Crippen LogP contribution >= 0.6 is 0 Å². The Balaban J connectivity index is 2.72. The molecule has 1 atom stereocenters. The first-order valence-electron chi connectivity index (χ1n) is 6.71. The zero-order valence-electron chi connectivity index (χ0n) is 12.0. The molecule has 20 heavy (non-hydrogen) atoms. The average Bonchev–Trinajstić information content (AvgIpc) is 2.37. The van der Waals surface area contributed by atoms with Gasteiger partial charge in [-0.2, -0.15) is 0 Å². The molecular formula is C17H19F2N. The highest BCUT2D eigenvalue weighted by atomic mass is 19.1. The number of nitrogens with two attached hydrogens (primary N) is 1. The minimum absolute atomic E-state index is 0.327. The van der Waals surface area contributed by atoms with Crippen LogP contribution in [0.2, 0.25) is 0 Å². The second-order valence-corrected chi connectivity index (χ2v) is 5.24. The lowest BCUT2D eigenvalue weighted by Gasteiger charge is -2.32. The van der Waals surface area contributed by atoms with Gasteiger partial charge >= 0.3 is 0 Å². The van der Waals surface area contributed by atoms with Crippen molar-refractivity contribution in [1.29, 1.82) is 0 Å². The summed E-state index contributed by atoms with van der Waals surface area (Å²) in [6.07, 6.45) is 0.411. The largest absolute Gasteiger partial charge is 0.318 e. The van der Waals surface area contributed by atoms with Gasteiger partial charge in [0.1, 0.15) is 11.6 Å². The van der Waals surface area contributed by atoms with Gasteiger partial charge in [-0.15, -0.1) is 0 Å². The average molecular weight is 275 g/mol. The number of hydrogen-bond donors (Lipinski definition) is 1. The van der Waals surface area contributed by atoms with Crippen LogP contribution in [0.3, 0.4) is 0 Å². The minimum atomic E-state index is -1.16. The SMILES string of the molecule is CCC(N)(c1ccccc1F)c1c(C)cc(C)cc1F. The maximum absolute atomic E-state index is 14.4. The van der Waals surface area contributed by atoms with Crippen molar-refractivity contribution in [2.45, 2.75) is 32.7 Å². The lowest BCUT2D eigenvalue weighted by Crippen LogP contribution is -2.40. The summed E-state index contributed by atoms with van der Waals surface area (Å²) in [5.74, 6) is -0.786. The van der Waals surface area contributed by atoms with Gasteiger partial charge in [0.2, 0.25) is 0 Å². The molecule has 0 spiro atoms. The minimum Gasteiger partial charge on any atom is -0.318 e. The van der Waals surface area contributed by atoms with E-state index >= 15 is 0 Å². The molecule has 0 aliphatic rings. The van der Waals surface area contributed by atoms with Crippen molar-refractivity contribution in [2.75, 3.05) is 0 Å². The molecular weight excluding hydrogens is 256 g/mol. The topological polar surface area (TPSA) is 26.0 Å². The van der Waals surface area contributed by atoms with Gasteiger partial charge in [0.25, 0.3) is 0 Å². The van der Waals surface area contributed by atoms with Crippen molar-refractivity contribution in [3.8, 4) is 0 Å². The van der Waals surface area contributed by atoms with Gasteiger partial charge in [0.05, 0.1) is 5.54 Å². The van der Waals surface area contributed by atoms with Crippen LogP contribution in [0, 0.1) is 25.5 Å². The molecule has 0 saturated heterocycles. The first-order valence-corrected chi connectivity index (χ1v) is 6.71. The van der Waals surface area contributed by atoms with Crippen molar-refractivity contribution >= 4 is 0 Å². The van der Waals surface area contributed by atoms with E-state index in [-0.39, 0.29) is 5.82 Å². The fourth-order valence-electron chi connectivity index (χ4n) is 2.81. The molecule has 0 saturated carbocycles. The van der Waals surface area contributed by atoms with E-state index in [4.69, 9.17) is 5.73 Å². The lowest BCUT2D eigenvalue weighted by molar-refractivity contribution is 0.451. The van der Waals surface area contributed by atoms with Gasteiger partial charge in [0, 0.05) is 11.1 Å². The Labute approximate surface area is 118 Å². The monoisotopic (exact) mass is 275 g/mol. The van der Waals surface area contributed by atoms with E-state index in [0.717, 1.165) is 11.1 Å². The summed E-state index contributed by atoms with van der Waals surface area (Å²) in [7, 11) is 0. The maximum Gasteiger partial charge on any atom is 0.129 e. The fourth-order valence-corrected chi connectivity index (χ4v) is 2.81. The summed E-state index contributed by atoms with van der Waals surface area (Å²) in [5, 5.41) is 0. The molecule has 0 heterocycles. The van der Waals surface area contributed by atoms with Gasteiger partial charge in [-0.3, -0.25) is 0 Å². The van der Waals surface area contributed by atoms with Gasteiger partial charge in [-0.1, -0.05) is 31.2 Å². The maximum atomic E-state index is 14.4. The van der Waals surface area contributed by atoms with Gasteiger partial charge in [-0.25, -0.2) is 8.78 Å². The molecule has 0 amide bonds. The van der Waals surface area contributed by atoms with Crippen LogP contribution in [0.1, 0.15) is 35.6 Å². The summed E-state index contributed by atoms with van der Waals surface area (Å²) < 4.78 is 28.5. The van der Waals surface area contributed by atoms with Crippen LogP contribution in [0.4, 0.5) is 8.78 Å². The van der Waals surface area contributed by atoms with Crippen molar-refractivity contribution in [1.82, 2.24) is 0 Å². The molecule has 2 aromatic rings. The van der Waals surface area contributed by atoms with Gasteiger partial charge < -0.3 is 5.73 Å². The van der Waals surface area contributed by atoms with E-state index in [9.17, 15) is 8.78 Å². The number of benzene rings is 2. The second kappa shape index (κ2) is 5.33. The van der Waals surface area contributed by atoms with Crippen molar-refractivity contribution in [3.63, 3.8) is 0 Å². The predicted octanol–water partition coefficient (Wildman–Crippen LogP) is 4.19. The van der Waals surface area contributed by atoms with E-state index in [1.54, 1.807) is 18.2 Å². The Morgan fingerprint density at radius 3 is 2.25 bits per heavy atom. The molecule has 3 heteroatoms. The molecule has 0 aliphatic carbocycles. The molecule has 0 aliphatic heterocycles. The zero-order chi connectivity index (χ0) is 14.9. The van der Waals surface area contributed by atoms with E-state index in [1.807, 2.05) is 26.8 Å². The number of hydrogen-bond acceptors (Lipinski definition) is 1. The van der Waals surface area contributed by atoms with Crippen LogP contribution in [0.15, 0.2) is 36.4 Å². The Morgan fingerprint density at radius 2 is 1.70 bits per heavy atom. The standard InChI is InChI=1S/C17H19F2N/c1-4-17(20,13-7-5-6-8-14(13)18)16-12(3)9-11(2)10-15(16)19/h5-10H,4,20H2,1-3H3. The Hall–Kier alpha value is -1.74. The summed E-state index contributed by atoms with van der Waals surface area (Å²) in [4.78, 5) is 0. The summed E-state index contributed by atoms with van der Waals surface area (Å²) >= 11 is 0. The lowest BCUT2D eigenvalue weighted by atomic mass is 9.78. The molecule has 0 radical (unpaired) electrons. The molecule has 0 bridgehead atoms. The molecule has 0 aromatic heterocycles. The van der Waals surface area contributed by atoms with E-state index in [1.165, 1.54) is 12.1 Å². The van der Waals surface area contributed by atoms with Crippen molar-refractivity contribution < 1.29 is 8.78 Å². The Morgan fingerprint density at radius 1 is 1.05 bits per heavy atom. The number of aryl methyl sites for hydroxylation is 2. The third-order valence-electron chi connectivity index (χ3n) is 3.79. The normalized spacial score (nSPS) is 14.1. The second-order valence-electron chi connectivity index (χ2n) is 5.24. The summed E-state index contributed by atoms with van der Waals surface area (Å²) in [6, 6.07) is 9.62. The van der Waals surface area contributed by atoms with Crippen LogP contribution in [-0.2, 0) is 5.54 Å². The molecule has 0 fully saturated rings. The highest BCUT2D eigenvalue weighted by Crippen LogP contribution is 2.35. The molecule has 2 aromatic carbocycles. The summed E-state index contributed by atoms with van der Waals surface area (Å²) in [5.41, 5.74) is 7.53. The molecule has 1 nitrogen and oxygen atoms in total. The first-order chi connectivity index (χ1) is 9.40. The van der Waals surface area contributed by atoms with E-state index in [0.29, 0.717) is 17.5 Å². The van der Waals surface area contributed by atoms with Gasteiger partial charge in [0.15, 0.2) is 0 Å².